The molecule has 3 heteroatoms. The van der Waals surface area contributed by atoms with Crippen LogP contribution in [0.5, 0.6) is 0 Å². The maximum Gasteiger partial charge on any atom is 0.194 e. The Bertz CT molecular complexity index is 134. The Hall–Kier alpha value is -0.340. The van der Waals surface area contributed by atoms with Crippen molar-refractivity contribution in [1.82, 2.24) is 0 Å². The molecule has 58 valence electrons. The zero-order valence-corrected chi connectivity index (χ0v) is 7.17. The fourth-order valence-electron chi connectivity index (χ4n) is 0.979. The molecule has 0 saturated heterocycles. The van der Waals surface area contributed by atoms with Crippen LogP contribution >= 0.6 is 0 Å². The van der Waals surface area contributed by atoms with Crippen LogP contribution in [0.2, 0.25) is 0 Å². The molecule has 0 aromatic carbocycles. The van der Waals surface area contributed by atoms with Gasteiger partial charge in [-0.25, -0.2) is 4.99 Å². The van der Waals surface area contributed by atoms with E-state index in [2.05, 4.69) is 25.0 Å². The first-order valence-electron chi connectivity index (χ1n) is 3.41. The van der Waals surface area contributed by atoms with Crippen molar-refractivity contribution in [3.63, 3.8) is 0 Å². The van der Waals surface area contributed by atoms with Crippen molar-refractivity contribution in [2.24, 2.45) is 4.99 Å². The first kappa shape index (κ1) is 9.66. The van der Waals surface area contributed by atoms with Gasteiger partial charge in [0.25, 0.3) is 0 Å². The van der Waals surface area contributed by atoms with Gasteiger partial charge in [-0.15, -0.1) is 0 Å². The highest BCUT2D eigenvalue weighted by molar-refractivity contribution is 5.50. The first-order chi connectivity index (χ1) is 4.33. The van der Waals surface area contributed by atoms with Gasteiger partial charge in [-0.3, -0.25) is 4.48 Å². The number of hydrogen-bond donors (Lipinski definition) is 0. The van der Waals surface area contributed by atoms with Gasteiger partial charge in [-0.05, 0) is 13.8 Å². The van der Waals surface area contributed by atoms with Crippen LogP contribution in [0.15, 0.2) is 17.4 Å². The van der Waals surface area contributed by atoms with Crippen LogP contribution in [-0.4, -0.2) is 23.9 Å². The number of aliphatic imine (C=N–C) groups is 1. The molecule has 0 saturated carbocycles. The summed E-state index contributed by atoms with van der Waals surface area (Å²) >= 11 is 0. The average Bonchev–Trinajstić information content (AvgIpc) is 2.36. The smallest absolute Gasteiger partial charge is 0.194 e. The van der Waals surface area contributed by atoms with Crippen molar-refractivity contribution >= 4 is 6.34 Å². The number of quaternary nitrogens is 1. The van der Waals surface area contributed by atoms with Crippen LogP contribution in [0.4, 0.5) is 0 Å². The quantitative estimate of drug-likeness (QED) is 0.430. The van der Waals surface area contributed by atoms with E-state index in [1.54, 1.807) is 0 Å². The van der Waals surface area contributed by atoms with Gasteiger partial charge in [-0.1, -0.05) is 0 Å². The summed E-state index contributed by atoms with van der Waals surface area (Å²) in [6.45, 7) is 6.56. The lowest BCUT2D eigenvalue weighted by molar-refractivity contribution is -0.774. The van der Waals surface area contributed by atoms with Gasteiger partial charge in [0.2, 0.25) is 0 Å². The molecule has 0 aromatic rings. The van der Waals surface area contributed by atoms with Gasteiger partial charge in [0.1, 0.15) is 6.20 Å². The fraction of sp³-hybridized carbons (Fsp3) is 0.571. The summed E-state index contributed by atoms with van der Waals surface area (Å²) < 4.78 is 0.917. The highest BCUT2D eigenvalue weighted by atomic mass is 35.5. The Morgan fingerprint density at radius 1 is 1.30 bits per heavy atom. The van der Waals surface area contributed by atoms with Gasteiger partial charge < -0.3 is 12.4 Å². The molecule has 0 fully saturated rings. The van der Waals surface area contributed by atoms with Crippen LogP contribution in [0.25, 0.3) is 0 Å². The Morgan fingerprint density at radius 3 is 2.10 bits per heavy atom. The molecule has 0 bridgehead atoms. The lowest BCUT2D eigenvalue weighted by Crippen LogP contribution is -3.00. The summed E-state index contributed by atoms with van der Waals surface area (Å²) in [5.41, 5.74) is 0. The summed E-state index contributed by atoms with van der Waals surface area (Å²) in [6, 6.07) is 0. The molecule has 0 unspecified atom stereocenters. The van der Waals surface area contributed by atoms with E-state index in [1.165, 1.54) is 0 Å². The van der Waals surface area contributed by atoms with E-state index in [9.17, 15) is 0 Å². The second kappa shape index (κ2) is 3.74. The Morgan fingerprint density at radius 2 is 1.90 bits per heavy atom. The van der Waals surface area contributed by atoms with Crippen LogP contribution in [-0.2, 0) is 0 Å². The molecule has 1 heterocycles. The van der Waals surface area contributed by atoms with Crippen molar-refractivity contribution in [1.29, 1.82) is 0 Å². The largest absolute Gasteiger partial charge is 1.00 e. The third-order valence-corrected chi connectivity index (χ3v) is 1.92. The molecule has 1 aliphatic rings. The molecule has 0 radical (unpaired) electrons. The zero-order valence-electron chi connectivity index (χ0n) is 6.42. The topological polar surface area (TPSA) is 12.4 Å². The number of hydrogen-bond acceptors (Lipinski definition) is 1. The third kappa shape index (κ3) is 1.58. The molecule has 10 heavy (non-hydrogen) atoms. The van der Waals surface area contributed by atoms with E-state index in [0.717, 1.165) is 17.6 Å². The zero-order chi connectivity index (χ0) is 6.74. The minimum absolute atomic E-state index is 0. The summed E-state index contributed by atoms with van der Waals surface area (Å²) in [5, 5.41) is 0. The van der Waals surface area contributed by atoms with Gasteiger partial charge in [0, 0.05) is 0 Å². The number of nitrogens with zero attached hydrogens (tertiary/aromatic N) is 2. The standard InChI is InChI=1S/C7H13N2.ClH/c1-3-9(4-2)6-5-8-7-9;/h5-7H,3-4H2,1-2H3;1H/q+1;/p-1. The van der Waals surface area contributed by atoms with E-state index in [1.807, 2.05) is 12.5 Å². The molecule has 0 N–H and O–H groups in total. The fourth-order valence-corrected chi connectivity index (χ4v) is 0.979. The molecule has 0 aliphatic carbocycles. The monoisotopic (exact) mass is 160 g/mol. The van der Waals surface area contributed by atoms with Crippen molar-refractivity contribution in [2.45, 2.75) is 13.8 Å². The Kier molecular flexibility index (Phi) is 3.61. The molecular formula is C7H13ClN2. The average molecular weight is 161 g/mol. The van der Waals surface area contributed by atoms with E-state index in [-0.39, 0.29) is 12.4 Å². The highest BCUT2D eigenvalue weighted by Crippen LogP contribution is 2.08. The number of halogens is 1. The molecule has 0 atom stereocenters. The lowest BCUT2D eigenvalue weighted by Gasteiger charge is -2.23. The molecular weight excluding hydrogens is 148 g/mol. The summed E-state index contributed by atoms with van der Waals surface area (Å²) in [4.78, 5) is 4.05. The van der Waals surface area contributed by atoms with Gasteiger partial charge in [-0.2, -0.15) is 0 Å². The normalized spacial score (nSPS) is 19.0. The first-order valence-corrected chi connectivity index (χ1v) is 3.41. The molecule has 2 nitrogen and oxygen atoms in total. The minimum atomic E-state index is 0. The van der Waals surface area contributed by atoms with Gasteiger partial charge in [0.15, 0.2) is 6.34 Å². The number of rotatable bonds is 2. The molecule has 1 rings (SSSR count). The predicted molar refractivity (Wildman–Crippen MR) is 39.0 cm³/mol. The Labute approximate surface area is 68.3 Å². The SMILES string of the molecule is CC[N+]1(CC)C=CN=C1.[Cl-]. The summed E-state index contributed by atoms with van der Waals surface area (Å²) in [6.07, 6.45) is 5.98. The van der Waals surface area contributed by atoms with Gasteiger partial charge in [0.05, 0.1) is 19.3 Å². The minimum Gasteiger partial charge on any atom is -1.00 e. The van der Waals surface area contributed by atoms with Crippen molar-refractivity contribution in [3.05, 3.63) is 12.4 Å². The molecule has 1 aliphatic heterocycles. The van der Waals surface area contributed by atoms with E-state index < -0.39 is 0 Å². The predicted octanol–water partition coefficient (Wildman–Crippen LogP) is -1.64. The third-order valence-electron chi connectivity index (χ3n) is 1.92. The van der Waals surface area contributed by atoms with Crippen LogP contribution < -0.4 is 12.4 Å². The van der Waals surface area contributed by atoms with E-state index in [0.29, 0.717) is 0 Å². The van der Waals surface area contributed by atoms with E-state index in [4.69, 9.17) is 0 Å². The lowest BCUT2D eigenvalue weighted by atomic mass is 10.4. The molecule has 0 spiro atoms. The maximum atomic E-state index is 4.05. The van der Waals surface area contributed by atoms with Crippen molar-refractivity contribution < 1.29 is 16.9 Å². The second-order valence-electron chi connectivity index (χ2n) is 2.30. The summed E-state index contributed by atoms with van der Waals surface area (Å²) in [5.74, 6) is 0. The second-order valence-corrected chi connectivity index (χ2v) is 2.30. The molecule has 0 aromatic heterocycles. The Balaban J connectivity index is 0.000000810. The van der Waals surface area contributed by atoms with Crippen LogP contribution in [0, 0.1) is 0 Å². The highest BCUT2D eigenvalue weighted by Gasteiger charge is 2.19. The van der Waals surface area contributed by atoms with Crippen LogP contribution in [0.1, 0.15) is 13.8 Å². The molecule has 0 amide bonds. The van der Waals surface area contributed by atoms with Crippen molar-refractivity contribution in [3.8, 4) is 0 Å². The van der Waals surface area contributed by atoms with Crippen LogP contribution in [0.3, 0.4) is 0 Å². The maximum absolute atomic E-state index is 4.05. The van der Waals surface area contributed by atoms with Gasteiger partial charge >= 0.3 is 0 Å². The van der Waals surface area contributed by atoms with Crippen molar-refractivity contribution in [2.75, 3.05) is 13.1 Å². The summed E-state index contributed by atoms with van der Waals surface area (Å²) in [7, 11) is 0. The van der Waals surface area contributed by atoms with E-state index >= 15 is 0 Å².